The van der Waals surface area contributed by atoms with Gasteiger partial charge in [-0.25, -0.2) is 9.59 Å². The van der Waals surface area contributed by atoms with Crippen molar-refractivity contribution in [1.82, 2.24) is 0 Å². The van der Waals surface area contributed by atoms with E-state index in [9.17, 15) is 14.4 Å². The number of ether oxygens (including phenoxy) is 3. The Balaban J connectivity index is 3.93. The van der Waals surface area contributed by atoms with E-state index in [1.807, 2.05) is 20.8 Å². The number of rotatable bonds is 9. The molecule has 0 heterocycles. The molecule has 0 amide bonds. The first-order valence-corrected chi connectivity index (χ1v) is 6.53. The van der Waals surface area contributed by atoms with Crippen LogP contribution in [-0.4, -0.2) is 37.7 Å². The first-order valence-electron chi connectivity index (χ1n) is 6.53. The molecule has 0 aliphatic heterocycles. The minimum Gasteiger partial charge on any atom is -0.463 e. The third-order valence-electron chi connectivity index (χ3n) is 2.01. The molecule has 0 spiro atoms. The summed E-state index contributed by atoms with van der Waals surface area (Å²) < 4.78 is 14.3. The molecular formula is C14H22O6. The molecule has 0 atom stereocenters. The molecule has 0 saturated carbocycles. The molecule has 114 valence electrons. The van der Waals surface area contributed by atoms with Crippen molar-refractivity contribution in [2.75, 3.05) is 19.8 Å². The predicted octanol–water partition coefficient (Wildman–Crippen LogP) is 1.63. The molecule has 0 aromatic rings. The Hall–Kier alpha value is -1.85. The topological polar surface area (TPSA) is 78.9 Å². The Bertz CT molecular complexity index is 359. The van der Waals surface area contributed by atoms with Gasteiger partial charge in [0.25, 0.3) is 0 Å². The Morgan fingerprint density at radius 1 is 1.05 bits per heavy atom. The second kappa shape index (κ2) is 10.00. The van der Waals surface area contributed by atoms with Gasteiger partial charge in [-0.1, -0.05) is 27.4 Å². The molecule has 20 heavy (non-hydrogen) atoms. The Labute approximate surface area is 119 Å². The smallest absolute Gasteiger partial charge is 0.344 e. The SMILES string of the molecule is C=C(CC(=O)OCC(=O)OCCC)C(=O)OCC(C)C. The largest absolute Gasteiger partial charge is 0.463 e. The summed E-state index contributed by atoms with van der Waals surface area (Å²) in [7, 11) is 0. The summed E-state index contributed by atoms with van der Waals surface area (Å²) >= 11 is 0. The minimum atomic E-state index is -0.718. The second-order valence-electron chi connectivity index (χ2n) is 4.65. The van der Waals surface area contributed by atoms with Gasteiger partial charge in [-0.3, -0.25) is 4.79 Å². The fourth-order valence-corrected chi connectivity index (χ4v) is 1.04. The third kappa shape index (κ3) is 9.13. The van der Waals surface area contributed by atoms with Gasteiger partial charge < -0.3 is 14.2 Å². The lowest BCUT2D eigenvalue weighted by Gasteiger charge is -2.09. The fraction of sp³-hybridized carbons (Fsp3) is 0.643. The fourth-order valence-electron chi connectivity index (χ4n) is 1.04. The average Bonchev–Trinajstić information content (AvgIpc) is 2.39. The molecule has 0 N–H and O–H groups in total. The molecular weight excluding hydrogens is 264 g/mol. The van der Waals surface area contributed by atoms with Crippen LogP contribution in [0.4, 0.5) is 0 Å². The van der Waals surface area contributed by atoms with Crippen molar-refractivity contribution in [3.8, 4) is 0 Å². The Morgan fingerprint density at radius 2 is 1.70 bits per heavy atom. The van der Waals surface area contributed by atoms with Crippen LogP contribution in [-0.2, 0) is 28.6 Å². The van der Waals surface area contributed by atoms with E-state index in [0.717, 1.165) is 0 Å². The highest BCUT2D eigenvalue weighted by molar-refractivity contribution is 5.93. The van der Waals surface area contributed by atoms with Gasteiger partial charge in [-0.2, -0.15) is 0 Å². The lowest BCUT2D eigenvalue weighted by atomic mass is 10.2. The van der Waals surface area contributed by atoms with Crippen molar-refractivity contribution in [2.24, 2.45) is 5.92 Å². The van der Waals surface area contributed by atoms with Crippen molar-refractivity contribution in [3.05, 3.63) is 12.2 Å². The molecule has 6 heteroatoms. The highest BCUT2D eigenvalue weighted by Crippen LogP contribution is 2.05. The predicted molar refractivity (Wildman–Crippen MR) is 71.8 cm³/mol. The average molecular weight is 286 g/mol. The van der Waals surface area contributed by atoms with E-state index < -0.39 is 24.5 Å². The van der Waals surface area contributed by atoms with E-state index in [-0.39, 0.29) is 31.1 Å². The monoisotopic (exact) mass is 286 g/mol. The van der Waals surface area contributed by atoms with Crippen LogP contribution in [0.1, 0.15) is 33.6 Å². The highest BCUT2D eigenvalue weighted by Gasteiger charge is 2.16. The van der Waals surface area contributed by atoms with E-state index in [1.54, 1.807) is 0 Å². The minimum absolute atomic E-state index is 0.00224. The molecule has 0 fully saturated rings. The molecule has 0 bridgehead atoms. The first kappa shape index (κ1) is 18.1. The molecule has 0 radical (unpaired) electrons. The third-order valence-corrected chi connectivity index (χ3v) is 2.01. The summed E-state index contributed by atoms with van der Waals surface area (Å²) in [6, 6.07) is 0. The Kier molecular flexibility index (Phi) is 9.07. The molecule has 0 aliphatic carbocycles. The van der Waals surface area contributed by atoms with Gasteiger partial charge in [0.15, 0.2) is 6.61 Å². The molecule has 0 rings (SSSR count). The molecule has 0 unspecified atom stereocenters. The zero-order valence-corrected chi connectivity index (χ0v) is 12.3. The maximum absolute atomic E-state index is 11.4. The number of hydrogen-bond donors (Lipinski definition) is 0. The lowest BCUT2D eigenvalue weighted by molar-refractivity contribution is -0.158. The summed E-state index contributed by atoms with van der Waals surface area (Å²) in [6.45, 7) is 9.18. The van der Waals surface area contributed by atoms with Gasteiger partial charge >= 0.3 is 17.9 Å². The zero-order chi connectivity index (χ0) is 15.5. The van der Waals surface area contributed by atoms with Crippen LogP contribution >= 0.6 is 0 Å². The van der Waals surface area contributed by atoms with Crippen molar-refractivity contribution in [1.29, 1.82) is 0 Å². The van der Waals surface area contributed by atoms with Crippen molar-refractivity contribution in [2.45, 2.75) is 33.6 Å². The van der Waals surface area contributed by atoms with Gasteiger partial charge in [-0.05, 0) is 12.3 Å². The van der Waals surface area contributed by atoms with Gasteiger partial charge in [0.05, 0.1) is 19.6 Å². The Morgan fingerprint density at radius 3 is 2.25 bits per heavy atom. The maximum Gasteiger partial charge on any atom is 0.344 e. The number of esters is 3. The van der Waals surface area contributed by atoms with E-state index in [1.165, 1.54) is 0 Å². The molecule has 6 nitrogen and oxygen atoms in total. The van der Waals surface area contributed by atoms with Gasteiger partial charge in [-0.15, -0.1) is 0 Å². The van der Waals surface area contributed by atoms with Gasteiger partial charge in [0.1, 0.15) is 0 Å². The molecule has 0 aliphatic rings. The lowest BCUT2D eigenvalue weighted by Crippen LogP contribution is -2.19. The van der Waals surface area contributed by atoms with Crippen LogP contribution in [0.25, 0.3) is 0 Å². The van der Waals surface area contributed by atoms with Crippen LogP contribution in [0, 0.1) is 5.92 Å². The van der Waals surface area contributed by atoms with E-state index in [0.29, 0.717) is 6.42 Å². The van der Waals surface area contributed by atoms with Crippen molar-refractivity contribution in [3.63, 3.8) is 0 Å². The number of carbonyl (C=O) groups excluding carboxylic acids is 3. The standard InChI is InChI=1S/C14H22O6/c1-5-6-18-13(16)9-19-12(15)7-11(4)14(17)20-8-10(2)3/h10H,4-9H2,1-3H3. The molecule has 0 aromatic carbocycles. The maximum atomic E-state index is 11.4. The zero-order valence-electron chi connectivity index (χ0n) is 12.3. The summed E-state index contributed by atoms with van der Waals surface area (Å²) in [5, 5.41) is 0. The molecule has 0 aromatic heterocycles. The van der Waals surface area contributed by atoms with Gasteiger partial charge in [0, 0.05) is 5.57 Å². The highest BCUT2D eigenvalue weighted by atomic mass is 16.6. The summed E-state index contributed by atoms with van der Waals surface area (Å²) in [5.41, 5.74) is -0.00224. The number of carbonyl (C=O) groups is 3. The quantitative estimate of drug-likeness (QED) is 0.364. The normalized spacial score (nSPS) is 10.0. The second-order valence-corrected chi connectivity index (χ2v) is 4.65. The van der Waals surface area contributed by atoms with E-state index in [4.69, 9.17) is 9.47 Å². The van der Waals surface area contributed by atoms with Crippen molar-refractivity contribution >= 4 is 17.9 Å². The summed E-state index contributed by atoms with van der Waals surface area (Å²) in [4.78, 5) is 33.9. The summed E-state index contributed by atoms with van der Waals surface area (Å²) in [5.74, 6) is -1.77. The van der Waals surface area contributed by atoms with Crippen LogP contribution in [0.5, 0.6) is 0 Å². The summed E-state index contributed by atoms with van der Waals surface area (Å²) in [6.07, 6.45) is 0.385. The first-order chi connectivity index (χ1) is 9.36. The van der Waals surface area contributed by atoms with Crippen LogP contribution in [0.3, 0.4) is 0 Å². The van der Waals surface area contributed by atoms with Crippen LogP contribution in [0.15, 0.2) is 12.2 Å². The van der Waals surface area contributed by atoms with Crippen LogP contribution < -0.4 is 0 Å². The molecule has 0 saturated heterocycles. The number of hydrogen-bond acceptors (Lipinski definition) is 6. The van der Waals surface area contributed by atoms with Gasteiger partial charge in [0.2, 0.25) is 0 Å². The van der Waals surface area contributed by atoms with E-state index in [2.05, 4.69) is 11.3 Å². The van der Waals surface area contributed by atoms with Crippen LogP contribution in [0.2, 0.25) is 0 Å². The van der Waals surface area contributed by atoms with E-state index >= 15 is 0 Å². The van der Waals surface area contributed by atoms with Crippen molar-refractivity contribution < 1.29 is 28.6 Å².